The van der Waals surface area contributed by atoms with E-state index in [9.17, 15) is 9.59 Å². The fourth-order valence-electron chi connectivity index (χ4n) is 3.64. The van der Waals surface area contributed by atoms with Crippen molar-refractivity contribution in [2.75, 3.05) is 19.1 Å². The van der Waals surface area contributed by atoms with Gasteiger partial charge in [-0.15, -0.1) is 0 Å². The minimum atomic E-state index is -0.481. The second-order valence-electron chi connectivity index (χ2n) is 7.72. The zero-order valence-electron chi connectivity index (χ0n) is 19.0. The van der Waals surface area contributed by atoms with E-state index >= 15 is 0 Å². The van der Waals surface area contributed by atoms with E-state index < -0.39 is 5.25 Å². The summed E-state index contributed by atoms with van der Waals surface area (Å²) >= 11 is 1.26. The van der Waals surface area contributed by atoms with Crippen molar-refractivity contribution in [1.82, 2.24) is 9.55 Å². The molecule has 4 rings (SSSR count). The fraction of sp³-hybridized carbons (Fsp3) is 0.192. The third kappa shape index (κ3) is 4.50. The van der Waals surface area contributed by atoms with Crippen LogP contribution < -0.4 is 15.2 Å². The van der Waals surface area contributed by atoms with Gasteiger partial charge in [0.1, 0.15) is 5.75 Å². The van der Waals surface area contributed by atoms with E-state index in [4.69, 9.17) is 9.72 Å². The van der Waals surface area contributed by atoms with Gasteiger partial charge in [0.25, 0.3) is 5.56 Å². The highest BCUT2D eigenvalue weighted by Gasteiger charge is 2.24. The van der Waals surface area contributed by atoms with E-state index in [1.165, 1.54) is 11.8 Å². The summed E-state index contributed by atoms with van der Waals surface area (Å²) < 4.78 is 7.10. The third-order valence-corrected chi connectivity index (χ3v) is 6.46. The molecule has 0 spiro atoms. The predicted octanol–water partition coefficient (Wildman–Crippen LogP) is 4.85. The molecular weight excluding hydrogens is 434 g/mol. The lowest BCUT2D eigenvalue weighted by molar-refractivity contribution is -0.117. The summed E-state index contributed by atoms with van der Waals surface area (Å²) in [4.78, 5) is 33.2. The first-order valence-corrected chi connectivity index (χ1v) is 11.4. The molecule has 4 aromatic rings. The van der Waals surface area contributed by atoms with E-state index in [-0.39, 0.29) is 11.5 Å². The molecule has 0 bridgehead atoms. The maximum Gasteiger partial charge on any atom is 0.266 e. The lowest BCUT2D eigenvalue weighted by Gasteiger charge is -2.22. The second-order valence-corrected chi connectivity index (χ2v) is 9.03. The van der Waals surface area contributed by atoms with Crippen LogP contribution >= 0.6 is 11.8 Å². The molecule has 1 atom stereocenters. The number of carbonyl (C=O) groups is 1. The lowest BCUT2D eigenvalue weighted by atomic mass is 10.2. The monoisotopic (exact) mass is 459 g/mol. The number of hydrogen-bond donors (Lipinski definition) is 0. The SMILES string of the molecule is COc1ccc(C)cc1-n1c(S[C@H](C)C(=O)N(C)c2ccccc2)nc2ccccc2c1=O. The van der Waals surface area contributed by atoms with Gasteiger partial charge < -0.3 is 9.64 Å². The second kappa shape index (κ2) is 9.50. The van der Waals surface area contributed by atoms with Gasteiger partial charge in [0.05, 0.1) is 29.0 Å². The van der Waals surface area contributed by atoms with E-state index in [0.29, 0.717) is 27.5 Å². The van der Waals surface area contributed by atoms with Gasteiger partial charge in [-0.3, -0.25) is 14.2 Å². The van der Waals surface area contributed by atoms with Gasteiger partial charge in [-0.05, 0) is 55.8 Å². The van der Waals surface area contributed by atoms with Crippen LogP contribution in [0.1, 0.15) is 12.5 Å². The standard InChI is InChI=1S/C26H25N3O3S/c1-17-14-15-23(32-4)22(16-17)29-25(31)20-12-8-9-13-21(20)27-26(29)33-18(2)24(30)28(3)19-10-6-5-7-11-19/h5-16,18H,1-4H3/t18-/m1/s1. The molecule has 1 aromatic heterocycles. The van der Waals surface area contributed by atoms with Crippen molar-refractivity contribution in [3.63, 3.8) is 0 Å². The molecule has 0 unspecified atom stereocenters. The molecule has 1 heterocycles. The number of methoxy groups -OCH3 is 1. The highest BCUT2D eigenvalue weighted by Crippen LogP contribution is 2.31. The third-order valence-electron chi connectivity index (χ3n) is 5.42. The number of thioether (sulfide) groups is 1. The summed E-state index contributed by atoms with van der Waals surface area (Å²) in [7, 11) is 3.32. The Bertz CT molecular complexity index is 1370. The summed E-state index contributed by atoms with van der Waals surface area (Å²) in [5.74, 6) is 0.471. The number of fused-ring (bicyclic) bond motifs is 1. The molecule has 168 valence electrons. The van der Waals surface area contributed by atoms with Crippen molar-refractivity contribution in [1.29, 1.82) is 0 Å². The smallest absolute Gasteiger partial charge is 0.266 e. The quantitative estimate of drug-likeness (QED) is 0.305. The average Bonchev–Trinajstić information content (AvgIpc) is 2.84. The molecule has 7 heteroatoms. The zero-order valence-corrected chi connectivity index (χ0v) is 19.8. The van der Waals surface area contributed by atoms with Crippen LogP contribution in [0.3, 0.4) is 0 Å². The number of nitrogens with zero attached hydrogens (tertiary/aromatic N) is 3. The van der Waals surface area contributed by atoms with Crippen molar-refractivity contribution in [3.8, 4) is 11.4 Å². The van der Waals surface area contributed by atoms with Crippen LogP contribution in [0.15, 0.2) is 82.7 Å². The Morgan fingerprint density at radius 1 is 1.06 bits per heavy atom. The number of carbonyl (C=O) groups excluding carboxylic acids is 1. The molecule has 3 aromatic carbocycles. The van der Waals surface area contributed by atoms with Gasteiger partial charge in [0.2, 0.25) is 5.91 Å². The predicted molar refractivity (Wildman–Crippen MR) is 134 cm³/mol. The van der Waals surface area contributed by atoms with Gasteiger partial charge in [0, 0.05) is 12.7 Å². The van der Waals surface area contributed by atoms with Gasteiger partial charge >= 0.3 is 0 Å². The minimum Gasteiger partial charge on any atom is -0.495 e. The number of ether oxygens (including phenoxy) is 1. The normalized spacial score (nSPS) is 11.9. The molecule has 0 aliphatic heterocycles. The van der Waals surface area contributed by atoms with Crippen LogP contribution in [0.25, 0.3) is 16.6 Å². The Morgan fingerprint density at radius 3 is 2.48 bits per heavy atom. The average molecular weight is 460 g/mol. The number of aryl methyl sites for hydroxylation is 1. The summed E-state index contributed by atoms with van der Waals surface area (Å²) in [5, 5.41) is 0.459. The van der Waals surface area contributed by atoms with Crippen LogP contribution in [0.4, 0.5) is 5.69 Å². The maximum absolute atomic E-state index is 13.6. The molecule has 0 fully saturated rings. The first-order valence-electron chi connectivity index (χ1n) is 10.6. The molecule has 6 nitrogen and oxygen atoms in total. The molecule has 0 saturated heterocycles. The van der Waals surface area contributed by atoms with Crippen molar-refractivity contribution >= 4 is 34.3 Å². The topological polar surface area (TPSA) is 64.4 Å². The van der Waals surface area contributed by atoms with E-state index in [1.54, 1.807) is 35.8 Å². The largest absolute Gasteiger partial charge is 0.495 e. The Balaban J connectivity index is 1.82. The number of aromatic nitrogens is 2. The van der Waals surface area contributed by atoms with Crippen LogP contribution in [-0.4, -0.2) is 34.9 Å². The molecular formula is C26H25N3O3S. The Labute approximate surface area is 196 Å². The van der Waals surface area contributed by atoms with Crippen molar-refractivity contribution in [3.05, 3.63) is 88.7 Å². The fourth-order valence-corrected chi connectivity index (χ4v) is 4.65. The van der Waals surface area contributed by atoms with Crippen LogP contribution in [-0.2, 0) is 4.79 Å². The highest BCUT2D eigenvalue weighted by molar-refractivity contribution is 8.00. The van der Waals surface area contributed by atoms with Crippen molar-refractivity contribution in [2.24, 2.45) is 0 Å². The molecule has 0 aliphatic carbocycles. The van der Waals surface area contributed by atoms with Gasteiger partial charge in [-0.1, -0.05) is 48.2 Å². The number of hydrogen-bond acceptors (Lipinski definition) is 5. The zero-order chi connectivity index (χ0) is 23.5. The number of rotatable bonds is 6. The summed E-state index contributed by atoms with van der Waals surface area (Å²) in [5.41, 5.74) is 2.76. The van der Waals surface area contributed by atoms with Crippen LogP contribution in [0, 0.1) is 6.92 Å². The molecule has 0 saturated carbocycles. The number of para-hydroxylation sites is 2. The van der Waals surface area contributed by atoms with Crippen molar-refractivity contribution < 1.29 is 9.53 Å². The Hall–Kier alpha value is -3.58. The summed E-state index contributed by atoms with van der Waals surface area (Å²) in [6, 6.07) is 22.3. The van der Waals surface area contributed by atoms with Crippen LogP contribution in [0.5, 0.6) is 5.75 Å². The molecule has 0 radical (unpaired) electrons. The first kappa shape index (κ1) is 22.6. The van der Waals surface area contributed by atoms with Crippen molar-refractivity contribution in [2.45, 2.75) is 24.3 Å². The molecule has 0 N–H and O–H groups in total. The summed E-state index contributed by atoms with van der Waals surface area (Å²) in [6.45, 7) is 3.78. The molecule has 33 heavy (non-hydrogen) atoms. The summed E-state index contributed by atoms with van der Waals surface area (Å²) in [6.07, 6.45) is 0. The van der Waals surface area contributed by atoms with E-state index in [0.717, 1.165) is 11.3 Å². The van der Waals surface area contributed by atoms with E-state index in [1.807, 2.05) is 74.5 Å². The lowest BCUT2D eigenvalue weighted by Crippen LogP contribution is -2.34. The number of anilines is 1. The van der Waals surface area contributed by atoms with Gasteiger partial charge in [-0.25, -0.2) is 4.98 Å². The Kier molecular flexibility index (Phi) is 6.51. The van der Waals surface area contributed by atoms with Crippen LogP contribution in [0.2, 0.25) is 0 Å². The molecule has 1 amide bonds. The molecule has 0 aliphatic rings. The minimum absolute atomic E-state index is 0.0867. The maximum atomic E-state index is 13.6. The number of amides is 1. The highest BCUT2D eigenvalue weighted by atomic mass is 32.2. The number of benzene rings is 3. The first-order chi connectivity index (χ1) is 15.9. The Morgan fingerprint density at radius 2 is 1.76 bits per heavy atom. The van der Waals surface area contributed by atoms with E-state index in [2.05, 4.69) is 0 Å². The van der Waals surface area contributed by atoms with Gasteiger partial charge in [0.15, 0.2) is 5.16 Å². The van der Waals surface area contributed by atoms with Gasteiger partial charge in [-0.2, -0.15) is 0 Å².